The summed E-state index contributed by atoms with van der Waals surface area (Å²) in [6.07, 6.45) is -0.0923. The first-order valence-corrected chi connectivity index (χ1v) is 5.41. The molecule has 5 nitrogen and oxygen atoms in total. The number of methoxy groups -OCH3 is 1. The Bertz CT molecular complexity index is 672. The van der Waals surface area contributed by atoms with E-state index in [2.05, 4.69) is 4.74 Å². The molecule has 0 saturated heterocycles. The molecule has 0 amide bonds. The third kappa shape index (κ3) is 2.07. The topological polar surface area (TPSA) is 82.5 Å². The standard InChI is InChI=1S/C13H13NO4/c1-7-9-4-3-8(14)5-11(9)18-13(16)10(7)6-12(15)17-2/h3-5H,6,14H2,1-2H3. The molecule has 1 aromatic heterocycles. The van der Waals surface area contributed by atoms with Crippen LogP contribution in [0.2, 0.25) is 0 Å². The van der Waals surface area contributed by atoms with E-state index in [0.717, 1.165) is 5.39 Å². The van der Waals surface area contributed by atoms with E-state index >= 15 is 0 Å². The van der Waals surface area contributed by atoms with Crippen molar-refractivity contribution in [3.63, 3.8) is 0 Å². The largest absolute Gasteiger partial charge is 0.469 e. The van der Waals surface area contributed by atoms with Crippen molar-refractivity contribution >= 4 is 22.6 Å². The summed E-state index contributed by atoms with van der Waals surface area (Å²) in [5.74, 6) is -0.472. The molecule has 0 aliphatic heterocycles. The summed E-state index contributed by atoms with van der Waals surface area (Å²) < 4.78 is 9.71. The number of benzene rings is 1. The third-order valence-electron chi connectivity index (χ3n) is 2.86. The summed E-state index contributed by atoms with van der Waals surface area (Å²) in [5.41, 5.74) is 7.07. The van der Waals surface area contributed by atoms with Crippen molar-refractivity contribution in [1.29, 1.82) is 0 Å². The Morgan fingerprint density at radius 1 is 1.44 bits per heavy atom. The number of aryl methyl sites for hydroxylation is 1. The average Bonchev–Trinajstić information content (AvgIpc) is 2.33. The van der Waals surface area contributed by atoms with E-state index in [4.69, 9.17) is 10.2 Å². The normalized spacial score (nSPS) is 10.6. The second kappa shape index (κ2) is 4.52. The predicted octanol–water partition coefficient (Wildman–Crippen LogP) is 1.40. The van der Waals surface area contributed by atoms with E-state index in [9.17, 15) is 9.59 Å². The zero-order valence-electron chi connectivity index (χ0n) is 10.1. The average molecular weight is 247 g/mol. The minimum atomic E-state index is -0.531. The Labute approximate surface area is 103 Å². The fourth-order valence-corrected chi connectivity index (χ4v) is 1.83. The molecule has 2 N–H and O–H groups in total. The van der Waals surface area contributed by atoms with Crippen LogP contribution in [0.3, 0.4) is 0 Å². The van der Waals surface area contributed by atoms with Crippen molar-refractivity contribution < 1.29 is 13.9 Å². The van der Waals surface area contributed by atoms with Gasteiger partial charge in [-0.15, -0.1) is 0 Å². The van der Waals surface area contributed by atoms with Crippen molar-refractivity contribution in [3.05, 3.63) is 39.7 Å². The molecule has 0 radical (unpaired) electrons. The molecule has 0 spiro atoms. The molecule has 0 saturated carbocycles. The minimum absolute atomic E-state index is 0.0923. The van der Waals surface area contributed by atoms with E-state index in [1.807, 2.05) is 0 Å². The van der Waals surface area contributed by atoms with Crippen LogP contribution in [0.25, 0.3) is 11.0 Å². The van der Waals surface area contributed by atoms with Crippen LogP contribution in [-0.4, -0.2) is 13.1 Å². The maximum absolute atomic E-state index is 11.8. The van der Waals surface area contributed by atoms with Gasteiger partial charge < -0.3 is 14.9 Å². The van der Waals surface area contributed by atoms with Crippen LogP contribution in [0, 0.1) is 6.92 Å². The number of carbonyl (C=O) groups excluding carboxylic acids is 1. The highest BCUT2D eigenvalue weighted by Gasteiger charge is 2.15. The Hall–Kier alpha value is -2.30. The molecule has 0 atom stereocenters. The van der Waals surface area contributed by atoms with Gasteiger partial charge in [0.25, 0.3) is 0 Å². The summed E-state index contributed by atoms with van der Waals surface area (Å²) in [5, 5.41) is 0.766. The first-order valence-electron chi connectivity index (χ1n) is 5.41. The zero-order chi connectivity index (χ0) is 13.3. The zero-order valence-corrected chi connectivity index (χ0v) is 10.1. The molecule has 1 aromatic carbocycles. The number of ether oxygens (including phenoxy) is 1. The van der Waals surface area contributed by atoms with Crippen LogP contribution in [0.4, 0.5) is 5.69 Å². The number of nitrogens with two attached hydrogens (primary N) is 1. The van der Waals surface area contributed by atoms with Crippen LogP contribution < -0.4 is 11.4 Å². The van der Waals surface area contributed by atoms with Crippen molar-refractivity contribution in [2.45, 2.75) is 13.3 Å². The number of rotatable bonds is 2. The smallest absolute Gasteiger partial charge is 0.340 e. The van der Waals surface area contributed by atoms with Crippen LogP contribution in [-0.2, 0) is 16.0 Å². The molecule has 18 heavy (non-hydrogen) atoms. The van der Waals surface area contributed by atoms with E-state index < -0.39 is 11.6 Å². The molecule has 0 bridgehead atoms. The molecule has 2 rings (SSSR count). The number of hydrogen-bond acceptors (Lipinski definition) is 5. The lowest BCUT2D eigenvalue weighted by molar-refractivity contribution is -0.139. The Balaban J connectivity index is 2.65. The van der Waals surface area contributed by atoms with Crippen LogP contribution in [0.5, 0.6) is 0 Å². The summed E-state index contributed by atoms with van der Waals surface area (Å²) in [6.45, 7) is 1.77. The summed E-state index contributed by atoms with van der Waals surface area (Å²) in [4.78, 5) is 23.1. The SMILES string of the molecule is COC(=O)Cc1c(C)c2ccc(N)cc2oc1=O. The molecule has 0 aliphatic rings. The molecule has 0 fully saturated rings. The van der Waals surface area contributed by atoms with E-state index in [1.165, 1.54) is 7.11 Å². The monoisotopic (exact) mass is 247 g/mol. The van der Waals surface area contributed by atoms with Gasteiger partial charge in [0.05, 0.1) is 19.1 Å². The van der Waals surface area contributed by atoms with Crippen molar-refractivity contribution in [2.24, 2.45) is 0 Å². The first kappa shape index (κ1) is 12.2. The number of nitrogen functional groups attached to an aromatic ring is 1. The highest BCUT2D eigenvalue weighted by Crippen LogP contribution is 2.21. The molecular formula is C13H13NO4. The molecule has 0 aliphatic carbocycles. The van der Waals surface area contributed by atoms with Crippen LogP contribution in [0.1, 0.15) is 11.1 Å². The molecule has 0 unspecified atom stereocenters. The highest BCUT2D eigenvalue weighted by molar-refractivity contribution is 5.85. The van der Waals surface area contributed by atoms with Gasteiger partial charge >= 0.3 is 11.6 Å². The van der Waals surface area contributed by atoms with Gasteiger partial charge in [0.1, 0.15) is 5.58 Å². The van der Waals surface area contributed by atoms with E-state index in [-0.39, 0.29) is 6.42 Å². The van der Waals surface area contributed by atoms with Crippen molar-refractivity contribution in [3.8, 4) is 0 Å². The maximum atomic E-state index is 11.8. The quantitative estimate of drug-likeness (QED) is 0.492. The number of fused-ring (bicyclic) bond motifs is 1. The molecule has 1 heterocycles. The fraction of sp³-hybridized carbons (Fsp3) is 0.231. The fourth-order valence-electron chi connectivity index (χ4n) is 1.83. The number of esters is 1. The second-order valence-electron chi connectivity index (χ2n) is 4.00. The summed E-state index contributed by atoms with van der Waals surface area (Å²) >= 11 is 0. The van der Waals surface area contributed by atoms with E-state index in [1.54, 1.807) is 25.1 Å². The molecule has 94 valence electrons. The van der Waals surface area contributed by atoms with Crippen molar-refractivity contribution in [2.75, 3.05) is 12.8 Å². The Kier molecular flexibility index (Phi) is 3.06. The Morgan fingerprint density at radius 2 is 2.17 bits per heavy atom. The van der Waals surface area contributed by atoms with Gasteiger partial charge in [0, 0.05) is 17.1 Å². The molecule has 2 aromatic rings. The predicted molar refractivity (Wildman–Crippen MR) is 67.4 cm³/mol. The number of carbonyl (C=O) groups is 1. The second-order valence-corrected chi connectivity index (χ2v) is 4.00. The maximum Gasteiger partial charge on any atom is 0.340 e. The lowest BCUT2D eigenvalue weighted by atomic mass is 10.0. The summed E-state index contributed by atoms with van der Waals surface area (Å²) in [7, 11) is 1.28. The lowest BCUT2D eigenvalue weighted by Crippen LogP contribution is -2.16. The van der Waals surface area contributed by atoms with Crippen LogP contribution in [0.15, 0.2) is 27.4 Å². The van der Waals surface area contributed by atoms with Crippen LogP contribution >= 0.6 is 0 Å². The number of hydrogen-bond donors (Lipinski definition) is 1. The third-order valence-corrected chi connectivity index (χ3v) is 2.86. The number of anilines is 1. The van der Waals surface area contributed by atoms with Gasteiger partial charge in [-0.3, -0.25) is 4.79 Å². The van der Waals surface area contributed by atoms with Gasteiger partial charge in [-0.05, 0) is 24.6 Å². The molecular weight excluding hydrogens is 234 g/mol. The molecule has 5 heteroatoms. The lowest BCUT2D eigenvalue weighted by Gasteiger charge is -2.07. The van der Waals surface area contributed by atoms with Gasteiger partial charge in [-0.2, -0.15) is 0 Å². The highest BCUT2D eigenvalue weighted by atomic mass is 16.5. The van der Waals surface area contributed by atoms with Gasteiger partial charge in [-0.25, -0.2) is 4.79 Å². The van der Waals surface area contributed by atoms with Gasteiger partial charge in [0.2, 0.25) is 0 Å². The van der Waals surface area contributed by atoms with E-state index in [0.29, 0.717) is 22.4 Å². The Morgan fingerprint density at radius 3 is 2.83 bits per heavy atom. The minimum Gasteiger partial charge on any atom is -0.469 e. The van der Waals surface area contributed by atoms with Gasteiger partial charge in [0.15, 0.2) is 0 Å². The van der Waals surface area contributed by atoms with Gasteiger partial charge in [-0.1, -0.05) is 0 Å². The first-order chi connectivity index (χ1) is 8.52. The van der Waals surface area contributed by atoms with Crippen molar-refractivity contribution in [1.82, 2.24) is 0 Å². The summed E-state index contributed by atoms with van der Waals surface area (Å²) in [6, 6.07) is 5.08.